The molecule has 1 aromatic rings. The molecule has 0 amide bonds. The Morgan fingerprint density at radius 2 is 2.40 bits per heavy atom. The van der Waals surface area contributed by atoms with Crippen LogP contribution in [0.4, 0.5) is 0 Å². The van der Waals surface area contributed by atoms with E-state index in [0.29, 0.717) is 6.54 Å². The van der Waals surface area contributed by atoms with Gasteiger partial charge >= 0.3 is 0 Å². The minimum absolute atomic E-state index is 0.108. The largest absolute Gasteiger partial charge is 0.394 e. The lowest BCUT2D eigenvalue weighted by Crippen LogP contribution is -2.18. The molecule has 0 aliphatic rings. The zero-order chi connectivity index (χ0) is 11.1. The minimum Gasteiger partial charge on any atom is -0.394 e. The predicted octanol–water partition coefficient (Wildman–Crippen LogP) is -0.264. The molecule has 0 bridgehead atoms. The summed E-state index contributed by atoms with van der Waals surface area (Å²) in [6.45, 7) is 3.96. The monoisotopic (exact) mass is 213 g/mol. The highest BCUT2D eigenvalue weighted by molar-refractivity contribution is 5.03. The Hall–Kier alpha value is -0.910. The third-order valence-electron chi connectivity index (χ3n) is 2.08. The van der Waals surface area contributed by atoms with Crippen LogP contribution in [0.5, 0.6) is 0 Å². The van der Waals surface area contributed by atoms with Gasteiger partial charge < -0.3 is 15.5 Å². The number of rotatable bonds is 7. The lowest BCUT2D eigenvalue weighted by atomic mass is 10.3. The van der Waals surface area contributed by atoms with Gasteiger partial charge in [-0.25, -0.2) is 0 Å². The maximum Gasteiger partial charge on any atom is 0.0640 e. The van der Waals surface area contributed by atoms with Crippen molar-refractivity contribution in [1.82, 2.24) is 15.1 Å². The number of aliphatic hydroxyl groups excluding tert-OH is 2. The molecule has 0 aliphatic heterocycles. The molecule has 15 heavy (non-hydrogen) atoms. The van der Waals surface area contributed by atoms with Gasteiger partial charge in [-0.1, -0.05) is 0 Å². The molecule has 86 valence electrons. The summed E-state index contributed by atoms with van der Waals surface area (Å²) >= 11 is 0. The zero-order valence-corrected chi connectivity index (χ0v) is 9.06. The molecule has 1 aromatic heterocycles. The summed E-state index contributed by atoms with van der Waals surface area (Å²) in [7, 11) is 0. The molecule has 5 heteroatoms. The van der Waals surface area contributed by atoms with Gasteiger partial charge in [0.05, 0.1) is 25.5 Å². The van der Waals surface area contributed by atoms with Crippen LogP contribution in [-0.4, -0.2) is 39.2 Å². The van der Waals surface area contributed by atoms with E-state index in [4.69, 9.17) is 10.2 Å². The Balaban J connectivity index is 2.19. The van der Waals surface area contributed by atoms with E-state index in [9.17, 15) is 0 Å². The molecule has 0 spiro atoms. The minimum atomic E-state index is -0.255. The van der Waals surface area contributed by atoms with Gasteiger partial charge in [0.1, 0.15) is 0 Å². The number of nitrogens with one attached hydrogen (secondary N) is 1. The van der Waals surface area contributed by atoms with Crippen LogP contribution >= 0.6 is 0 Å². The first-order valence-corrected chi connectivity index (χ1v) is 5.23. The topological polar surface area (TPSA) is 70.3 Å². The van der Waals surface area contributed by atoms with Crippen LogP contribution in [0.3, 0.4) is 0 Å². The van der Waals surface area contributed by atoms with Crippen LogP contribution < -0.4 is 5.32 Å². The SMILES string of the molecule is CC(O)CCNCc1cnn(CCO)c1. The zero-order valence-electron chi connectivity index (χ0n) is 9.06. The maximum atomic E-state index is 9.04. The van der Waals surface area contributed by atoms with Gasteiger partial charge in [-0.2, -0.15) is 5.10 Å². The number of hydrogen-bond donors (Lipinski definition) is 3. The van der Waals surface area contributed by atoms with Crippen molar-refractivity contribution < 1.29 is 10.2 Å². The van der Waals surface area contributed by atoms with Gasteiger partial charge in [-0.3, -0.25) is 4.68 Å². The van der Waals surface area contributed by atoms with Crippen LogP contribution in [0, 0.1) is 0 Å². The molecule has 0 radical (unpaired) electrons. The molecular weight excluding hydrogens is 194 g/mol. The van der Waals surface area contributed by atoms with Crippen molar-refractivity contribution in [3.8, 4) is 0 Å². The van der Waals surface area contributed by atoms with Crippen molar-refractivity contribution in [1.29, 1.82) is 0 Å². The summed E-state index contributed by atoms with van der Waals surface area (Å²) in [6.07, 6.45) is 4.19. The lowest BCUT2D eigenvalue weighted by molar-refractivity contribution is 0.183. The first-order valence-electron chi connectivity index (χ1n) is 5.23. The Morgan fingerprint density at radius 1 is 1.60 bits per heavy atom. The highest BCUT2D eigenvalue weighted by Gasteiger charge is 1.98. The van der Waals surface area contributed by atoms with E-state index < -0.39 is 0 Å². The highest BCUT2D eigenvalue weighted by atomic mass is 16.3. The Bertz CT molecular complexity index is 273. The van der Waals surface area contributed by atoms with Gasteiger partial charge in [0, 0.05) is 18.3 Å². The molecule has 0 aliphatic carbocycles. The standard InChI is InChI=1S/C10H19N3O2/c1-9(15)2-3-11-6-10-7-12-13(8-10)4-5-14/h7-9,11,14-15H,2-6H2,1H3. The second kappa shape index (κ2) is 6.55. The highest BCUT2D eigenvalue weighted by Crippen LogP contribution is 1.97. The van der Waals surface area contributed by atoms with Crippen molar-refractivity contribution in [2.24, 2.45) is 0 Å². The Morgan fingerprint density at radius 3 is 3.07 bits per heavy atom. The summed E-state index contributed by atoms with van der Waals surface area (Å²) in [4.78, 5) is 0. The molecule has 0 fully saturated rings. The third kappa shape index (κ3) is 4.92. The van der Waals surface area contributed by atoms with Crippen molar-refractivity contribution in [2.75, 3.05) is 13.2 Å². The molecular formula is C10H19N3O2. The molecule has 0 saturated heterocycles. The average Bonchev–Trinajstić information content (AvgIpc) is 2.61. The van der Waals surface area contributed by atoms with Crippen molar-refractivity contribution in [3.63, 3.8) is 0 Å². The van der Waals surface area contributed by atoms with E-state index in [2.05, 4.69) is 10.4 Å². The first kappa shape index (κ1) is 12.2. The number of aromatic nitrogens is 2. The van der Waals surface area contributed by atoms with Gasteiger partial charge in [0.25, 0.3) is 0 Å². The quantitative estimate of drug-likeness (QED) is 0.546. The van der Waals surface area contributed by atoms with Gasteiger partial charge in [-0.15, -0.1) is 0 Å². The summed E-state index contributed by atoms with van der Waals surface area (Å²) in [5.41, 5.74) is 1.09. The van der Waals surface area contributed by atoms with E-state index in [1.54, 1.807) is 17.8 Å². The van der Waals surface area contributed by atoms with Gasteiger partial charge in [0.15, 0.2) is 0 Å². The van der Waals surface area contributed by atoms with E-state index in [1.165, 1.54) is 0 Å². The van der Waals surface area contributed by atoms with Crippen LogP contribution in [-0.2, 0) is 13.1 Å². The first-order chi connectivity index (χ1) is 7.22. The predicted molar refractivity (Wildman–Crippen MR) is 57.3 cm³/mol. The van der Waals surface area contributed by atoms with Crippen molar-refractivity contribution in [3.05, 3.63) is 18.0 Å². The molecule has 3 N–H and O–H groups in total. The normalized spacial score (nSPS) is 13.0. The fraction of sp³-hybridized carbons (Fsp3) is 0.700. The van der Waals surface area contributed by atoms with E-state index in [1.807, 2.05) is 6.20 Å². The molecule has 1 atom stereocenters. The number of hydrogen-bond acceptors (Lipinski definition) is 4. The fourth-order valence-electron chi connectivity index (χ4n) is 1.27. The molecule has 5 nitrogen and oxygen atoms in total. The van der Waals surface area contributed by atoms with Crippen molar-refractivity contribution in [2.45, 2.75) is 32.5 Å². The smallest absolute Gasteiger partial charge is 0.0640 e. The summed E-state index contributed by atoms with van der Waals surface area (Å²) in [5, 5.41) is 25.0. The fourth-order valence-corrected chi connectivity index (χ4v) is 1.27. The molecule has 0 aromatic carbocycles. The van der Waals surface area contributed by atoms with Crippen LogP contribution in [0.1, 0.15) is 18.9 Å². The third-order valence-corrected chi connectivity index (χ3v) is 2.08. The summed E-state index contributed by atoms with van der Waals surface area (Å²) in [6, 6.07) is 0. The maximum absolute atomic E-state index is 9.04. The molecule has 1 unspecified atom stereocenters. The number of nitrogens with zero attached hydrogens (tertiary/aromatic N) is 2. The van der Waals surface area contributed by atoms with Crippen LogP contribution in [0.2, 0.25) is 0 Å². The molecule has 1 rings (SSSR count). The molecule has 0 saturated carbocycles. The van der Waals surface area contributed by atoms with E-state index in [0.717, 1.165) is 25.1 Å². The Labute approximate surface area is 89.7 Å². The lowest BCUT2D eigenvalue weighted by Gasteiger charge is -2.04. The van der Waals surface area contributed by atoms with E-state index in [-0.39, 0.29) is 12.7 Å². The average molecular weight is 213 g/mol. The number of aliphatic hydroxyl groups is 2. The summed E-state index contributed by atoms with van der Waals surface area (Å²) in [5.74, 6) is 0. The van der Waals surface area contributed by atoms with Crippen LogP contribution in [0.25, 0.3) is 0 Å². The second-order valence-electron chi connectivity index (χ2n) is 3.65. The van der Waals surface area contributed by atoms with E-state index >= 15 is 0 Å². The molecule has 1 heterocycles. The summed E-state index contributed by atoms with van der Waals surface area (Å²) < 4.78 is 1.71. The van der Waals surface area contributed by atoms with Gasteiger partial charge in [0.2, 0.25) is 0 Å². The van der Waals surface area contributed by atoms with Crippen molar-refractivity contribution >= 4 is 0 Å². The Kier molecular flexibility index (Phi) is 5.31. The van der Waals surface area contributed by atoms with Gasteiger partial charge in [-0.05, 0) is 19.9 Å². The second-order valence-corrected chi connectivity index (χ2v) is 3.65. The van der Waals surface area contributed by atoms with Crippen LogP contribution in [0.15, 0.2) is 12.4 Å².